The summed E-state index contributed by atoms with van der Waals surface area (Å²) in [7, 11) is 0. The third kappa shape index (κ3) is 4.76. The maximum absolute atomic E-state index is 13.0. The van der Waals surface area contributed by atoms with Crippen LogP contribution >= 0.6 is 0 Å². The summed E-state index contributed by atoms with van der Waals surface area (Å²) >= 11 is 0. The fraction of sp³-hybridized carbons (Fsp3) is 0.364. The maximum Gasteiger partial charge on any atom is 0.332 e. The summed E-state index contributed by atoms with van der Waals surface area (Å²) in [5, 5.41) is 22.2. The largest absolute Gasteiger partial charge is 0.332 e. The van der Waals surface area contributed by atoms with Crippen molar-refractivity contribution < 1.29 is 19.4 Å². The summed E-state index contributed by atoms with van der Waals surface area (Å²) < 4.78 is 0. The minimum atomic E-state index is -1.23. The van der Waals surface area contributed by atoms with Crippen LogP contribution in [0.15, 0.2) is 70.1 Å². The monoisotopic (exact) mass is 412 g/mol. The average Bonchev–Trinajstić information content (AvgIpc) is 2.59. The molecule has 0 saturated heterocycles. The van der Waals surface area contributed by atoms with Crippen LogP contribution in [0.3, 0.4) is 0 Å². The third-order valence-corrected chi connectivity index (χ3v) is 4.66. The molecular weight excluding hydrogens is 388 g/mol. The number of allylic oxidation sites excluding steroid dienone is 10. The second-order valence-electron chi connectivity index (χ2n) is 9.18. The van der Waals surface area contributed by atoms with E-state index in [1.165, 1.54) is 6.08 Å². The molecule has 0 heterocycles. The van der Waals surface area contributed by atoms with Crippen LogP contribution in [0.1, 0.15) is 41.5 Å². The van der Waals surface area contributed by atoms with E-state index in [-0.39, 0.29) is 11.4 Å². The van der Waals surface area contributed by atoms with Gasteiger partial charge in [0.2, 0.25) is 0 Å². The summed E-state index contributed by atoms with van der Waals surface area (Å²) in [6, 6.07) is 0. The second-order valence-corrected chi connectivity index (χ2v) is 9.18. The van der Waals surface area contributed by atoms with E-state index in [1.54, 1.807) is 18.2 Å². The first-order chi connectivity index (χ1) is 13.6. The first-order valence-electron chi connectivity index (χ1n) is 9.31. The molecule has 0 aromatic heterocycles. The zero-order valence-electron chi connectivity index (χ0n) is 17.8. The minimum Gasteiger partial charge on any atom is -0.289 e. The summed E-state index contributed by atoms with van der Waals surface area (Å²) in [5.41, 5.74) is -0.433. The van der Waals surface area contributed by atoms with Gasteiger partial charge in [0, 0.05) is 23.3 Å². The van der Waals surface area contributed by atoms with E-state index >= 15 is 0 Å². The summed E-state index contributed by atoms with van der Waals surface area (Å²) in [6.07, 6.45) is 8.58. The fourth-order valence-electron chi connectivity index (χ4n) is 3.04. The van der Waals surface area contributed by atoms with Gasteiger partial charge in [-0.3, -0.25) is 29.8 Å². The number of nitro groups is 2. The van der Waals surface area contributed by atoms with Gasteiger partial charge in [-0.05, 0) is 34.1 Å². The van der Waals surface area contributed by atoms with Crippen LogP contribution in [-0.2, 0) is 9.59 Å². The summed E-state index contributed by atoms with van der Waals surface area (Å²) in [6.45, 7) is 11.6. The SMILES string of the molecule is CC(C)(C)C1=CC(=CC=C2C=C([N+](=O)[O-])C(=O)C([N+](=O)[O-])=C2)C=C(C(C)(C)C)C1=O. The van der Waals surface area contributed by atoms with Crippen LogP contribution in [-0.4, -0.2) is 21.4 Å². The summed E-state index contributed by atoms with van der Waals surface area (Å²) in [4.78, 5) is 45.2. The van der Waals surface area contributed by atoms with Gasteiger partial charge in [0.15, 0.2) is 5.78 Å². The first kappa shape index (κ1) is 22.9. The molecule has 2 rings (SSSR count). The Labute approximate surface area is 174 Å². The molecule has 0 amide bonds. The number of hydrogen-bond donors (Lipinski definition) is 0. The first-order valence-corrected chi connectivity index (χ1v) is 9.31. The van der Waals surface area contributed by atoms with E-state index in [4.69, 9.17) is 0 Å². The molecule has 0 unspecified atom stereocenters. The van der Waals surface area contributed by atoms with Crippen molar-refractivity contribution in [2.75, 3.05) is 0 Å². The Balaban J connectivity index is 2.63. The van der Waals surface area contributed by atoms with Crippen molar-refractivity contribution in [2.24, 2.45) is 10.8 Å². The topological polar surface area (TPSA) is 120 Å². The summed E-state index contributed by atoms with van der Waals surface area (Å²) in [5.74, 6) is -1.27. The molecule has 0 fully saturated rings. The van der Waals surface area contributed by atoms with E-state index < -0.39 is 37.9 Å². The molecule has 0 atom stereocenters. The number of nitrogens with zero attached hydrogens (tertiary/aromatic N) is 2. The molecule has 158 valence electrons. The van der Waals surface area contributed by atoms with Crippen LogP contribution in [0.25, 0.3) is 0 Å². The van der Waals surface area contributed by atoms with Gasteiger partial charge in [-0.2, -0.15) is 0 Å². The molecular formula is C22H24N2O6. The molecule has 2 aliphatic carbocycles. The van der Waals surface area contributed by atoms with Crippen LogP contribution in [0.2, 0.25) is 0 Å². The number of carbonyl (C=O) groups is 2. The van der Waals surface area contributed by atoms with Crippen LogP contribution in [0.4, 0.5) is 0 Å². The molecule has 30 heavy (non-hydrogen) atoms. The van der Waals surface area contributed by atoms with Crippen LogP contribution in [0, 0.1) is 31.1 Å². The Morgan fingerprint density at radius 2 is 1.00 bits per heavy atom. The molecule has 0 bridgehead atoms. The van der Waals surface area contributed by atoms with Crippen molar-refractivity contribution in [3.63, 3.8) is 0 Å². The molecule has 8 heteroatoms. The molecule has 0 N–H and O–H groups in total. The van der Waals surface area contributed by atoms with E-state index in [2.05, 4.69) is 0 Å². The number of carbonyl (C=O) groups excluding carboxylic acids is 2. The van der Waals surface area contributed by atoms with E-state index in [0.717, 1.165) is 12.2 Å². The number of Topliss-reactive ketones (excluding diaryl/α,β-unsaturated/α-hetero) is 2. The molecule has 0 aromatic carbocycles. The smallest absolute Gasteiger partial charge is 0.289 e. The Morgan fingerprint density at radius 3 is 1.30 bits per heavy atom. The van der Waals surface area contributed by atoms with E-state index in [0.29, 0.717) is 16.7 Å². The van der Waals surface area contributed by atoms with E-state index in [1.807, 2.05) is 41.5 Å². The lowest BCUT2D eigenvalue weighted by molar-refractivity contribution is -0.434. The lowest BCUT2D eigenvalue weighted by Gasteiger charge is -2.31. The third-order valence-electron chi connectivity index (χ3n) is 4.66. The quantitative estimate of drug-likeness (QED) is 0.504. The predicted molar refractivity (Wildman–Crippen MR) is 111 cm³/mol. The van der Waals surface area contributed by atoms with Gasteiger partial charge in [0.25, 0.3) is 0 Å². The van der Waals surface area contributed by atoms with Crippen molar-refractivity contribution in [1.29, 1.82) is 0 Å². The molecule has 0 saturated carbocycles. The van der Waals surface area contributed by atoms with Gasteiger partial charge in [0.1, 0.15) is 0 Å². The Morgan fingerprint density at radius 1 is 0.667 bits per heavy atom. The van der Waals surface area contributed by atoms with Gasteiger partial charge < -0.3 is 0 Å². The van der Waals surface area contributed by atoms with Crippen LogP contribution in [0.5, 0.6) is 0 Å². The van der Waals surface area contributed by atoms with Crippen molar-refractivity contribution >= 4 is 11.6 Å². The Bertz CT molecular complexity index is 962. The maximum atomic E-state index is 13.0. The van der Waals surface area contributed by atoms with Crippen molar-refractivity contribution in [3.8, 4) is 0 Å². The standard InChI is InChI=1S/C22H24N2O6/c1-21(2,3)15-9-13(10-16(19(15)25)22(4,5)6)7-8-14-11-17(23(27)28)20(26)18(12-14)24(29)30/h7-12H,1-6H3. The van der Waals surface area contributed by atoms with Gasteiger partial charge in [-0.1, -0.05) is 53.7 Å². The Kier molecular flexibility index (Phi) is 5.93. The van der Waals surface area contributed by atoms with Gasteiger partial charge in [0.05, 0.1) is 9.85 Å². The van der Waals surface area contributed by atoms with Gasteiger partial charge in [-0.15, -0.1) is 0 Å². The number of hydrogen-bond acceptors (Lipinski definition) is 6. The molecule has 0 aromatic rings. The van der Waals surface area contributed by atoms with Gasteiger partial charge >= 0.3 is 17.2 Å². The normalized spacial score (nSPS) is 17.7. The van der Waals surface area contributed by atoms with Crippen LogP contribution < -0.4 is 0 Å². The predicted octanol–water partition coefficient (Wildman–Crippen LogP) is 4.27. The molecule has 2 aliphatic rings. The van der Waals surface area contributed by atoms with Crippen molar-refractivity contribution in [3.05, 3.63) is 90.4 Å². The average molecular weight is 412 g/mol. The zero-order chi connectivity index (χ0) is 23.0. The molecule has 0 spiro atoms. The second kappa shape index (κ2) is 7.78. The number of rotatable bonds is 3. The van der Waals surface area contributed by atoms with Crippen molar-refractivity contribution in [1.82, 2.24) is 0 Å². The Hall–Kier alpha value is -3.42. The molecule has 0 aliphatic heterocycles. The lowest BCUT2D eigenvalue weighted by atomic mass is 9.72. The lowest BCUT2D eigenvalue weighted by Crippen LogP contribution is -2.27. The van der Waals surface area contributed by atoms with Crippen molar-refractivity contribution in [2.45, 2.75) is 41.5 Å². The highest BCUT2D eigenvalue weighted by atomic mass is 16.6. The fourth-order valence-corrected chi connectivity index (χ4v) is 3.04. The number of ketones is 2. The molecule has 0 radical (unpaired) electrons. The highest BCUT2D eigenvalue weighted by Crippen LogP contribution is 2.38. The zero-order valence-corrected chi connectivity index (χ0v) is 17.8. The van der Waals surface area contributed by atoms with Gasteiger partial charge in [-0.25, -0.2) is 0 Å². The molecule has 8 nitrogen and oxygen atoms in total. The van der Waals surface area contributed by atoms with E-state index in [9.17, 15) is 29.8 Å². The minimum absolute atomic E-state index is 0.0332. The highest BCUT2D eigenvalue weighted by Gasteiger charge is 2.37. The highest BCUT2D eigenvalue weighted by molar-refractivity contribution is 6.11.